The zero-order chi connectivity index (χ0) is 19.2. The Hall–Kier alpha value is -2.37. The molecule has 1 saturated heterocycles. The van der Waals surface area contributed by atoms with Crippen molar-refractivity contribution in [2.24, 2.45) is 0 Å². The molecule has 0 radical (unpaired) electrons. The minimum atomic E-state index is -0.495. The average Bonchev–Trinajstić information content (AvgIpc) is 3.00. The van der Waals surface area contributed by atoms with E-state index in [0.29, 0.717) is 32.4 Å². The summed E-state index contributed by atoms with van der Waals surface area (Å²) in [6.45, 7) is 3.96. The van der Waals surface area contributed by atoms with E-state index >= 15 is 0 Å². The molecule has 3 amide bonds. The van der Waals surface area contributed by atoms with Crippen molar-refractivity contribution in [1.82, 2.24) is 10.2 Å². The molecule has 6 heteroatoms. The van der Waals surface area contributed by atoms with E-state index in [0.717, 1.165) is 43.5 Å². The number of anilines is 1. The number of amides is 3. The van der Waals surface area contributed by atoms with Gasteiger partial charge in [-0.2, -0.15) is 0 Å². The molecule has 1 fully saturated rings. The first kappa shape index (κ1) is 19.4. The molecule has 2 heterocycles. The zero-order valence-electron chi connectivity index (χ0n) is 16.1. The van der Waals surface area contributed by atoms with Gasteiger partial charge in [-0.15, -0.1) is 0 Å². The van der Waals surface area contributed by atoms with Crippen LogP contribution in [0.2, 0.25) is 0 Å². The van der Waals surface area contributed by atoms with Crippen molar-refractivity contribution in [2.45, 2.75) is 57.9 Å². The number of aryl methyl sites for hydroxylation is 1. The fraction of sp³-hybridized carbons (Fsp3) is 0.571. The molecule has 1 atom stereocenters. The number of hydrogen-bond donors (Lipinski definition) is 1. The predicted octanol–water partition coefficient (Wildman–Crippen LogP) is 2.26. The minimum absolute atomic E-state index is 0.0182. The van der Waals surface area contributed by atoms with Crippen LogP contribution in [-0.2, 0) is 20.8 Å². The van der Waals surface area contributed by atoms with Crippen molar-refractivity contribution in [1.29, 1.82) is 0 Å². The number of para-hydroxylation sites is 1. The van der Waals surface area contributed by atoms with E-state index in [9.17, 15) is 14.4 Å². The Labute approximate surface area is 160 Å². The summed E-state index contributed by atoms with van der Waals surface area (Å²) in [5.74, 6) is 0.111. The van der Waals surface area contributed by atoms with Gasteiger partial charge in [-0.25, -0.2) is 0 Å². The van der Waals surface area contributed by atoms with Crippen LogP contribution in [0.5, 0.6) is 0 Å². The molecule has 2 aliphatic heterocycles. The topological polar surface area (TPSA) is 69.7 Å². The normalized spacial score (nSPS) is 18.3. The largest absolute Gasteiger partial charge is 0.354 e. The smallest absolute Gasteiger partial charge is 0.243 e. The molecule has 1 aromatic rings. The molecule has 0 aromatic heterocycles. The molecule has 1 unspecified atom stereocenters. The second-order valence-corrected chi connectivity index (χ2v) is 7.30. The van der Waals surface area contributed by atoms with Crippen LogP contribution in [-0.4, -0.2) is 48.3 Å². The fourth-order valence-corrected chi connectivity index (χ4v) is 4.01. The summed E-state index contributed by atoms with van der Waals surface area (Å²) in [6, 6.07) is 7.38. The highest BCUT2D eigenvalue weighted by atomic mass is 16.2. The van der Waals surface area contributed by atoms with Gasteiger partial charge in [0.15, 0.2) is 0 Å². The van der Waals surface area contributed by atoms with Crippen LogP contribution in [0.4, 0.5) is 5.69 Å². The zero-order valence-corrected chi connectivity index (χ0v) is 16.1. The number of likely N-dealkylation sites (tertiary alicyclic amines) is 1. The van der Waals surface area contributed by atoms with E-state index in [1.165, 1.54) is 0 Å². The quantitative estimate of drug-likeness (QED) is 0.748. The number of benzene rings is 1. The van der Waals surface area contributed by atoms with Crippen LogP contribution in [0.15, 0.2) is 24.3 Å². The molecule has 0 saturated carbocycles. The van der Waals surface area contributed by atoms with Crippen LogP contribution < -0.4 is 10.2 Å². The van der Waals surface area contributed by atoms with Gasteiger partial charge in [0.25, 0.3) is 0 Å². The molecule has 0 spiro atoms. The maximum Gasteiger partial charge on any atom is 0.243 e. The van der Waals surface area contributed by atoms with Gasteiger partial charge < -0.3 is 10.2 Å². The summed E-state index contributed by atoms with van der Waals surface area (Å²) in [5.41, 5.74) is 1.99. The lowest BCUT2D eigenvalue weighted by Crippen LogP contribution is -2.50. The van der Waals surface area contributed by atoms with Gasteiger partial charge in [0.1, 0.15) is 6.04 Å². The number of rotatable bonds is 7. The molecule has 2 aliphatic rings. The molecule has 6 nitrogen and oxygen atoms in total. The third kappa shape index (κ3) is 4.49. The Bertz CT molecular complexity index is 704. The first-order valence-electron chi connectivity index (χ1n) is 10.1. The fourth-order valence-electron chi connectivity index (χ4n) is 4.01. The highest BCUT2D eigenvalue weighted by molar-refractivity contribution is 6.01. The molecule has 3 rings (SSSR count). The molecular formula is C21H29N3O3. The van der Waals surface area contributed by atoms with E-state index in [1.54, 1.807) is 4.90 Å². The summed E-state index contributed by atoms with van der Waals surface area (Å²) in [5, 5.41) is 2.97. The summed E-state index contributed by atoms with van der Waals surface area (Å²) in [7, 11) is 0. The lowest BCUT2D eigenvalue weighted by atomic mass is 10.1. The van der Waals surface area contributed by atoms with Crippen molar-refractivity contribution in [3.63, 3.8) is 0 Å². The second-order valence-electron chi connectivity index (χ2n) is 7.30. The van der Waals surface area contributed by atoms with Crippen molar-refractivity contribution in [3.05, 3.63) is 29.8 Å². The minimum Gasteiger partial charge on any atom is -0.354 e. The summed E-state index contributed by atoms with van der Waals surface area (Å²) in [6.07, 6.45) is 5.01. The van der Waals surface area contributed by atoms with E-state index in [-0.39, 0.29) is 17.7 Å². The average molecular weight is 371 g/mol. The highest BCUT2D eigenvalue weighted by Gasteiger charge is 2.32. The predicted molar refractivity (Wildman–Crippen MR) is 104 cm³/mol. The van der Waals surface area contributed by atoms with Gasteiger partial charge in [0.2, 0.25) is 17.7 Å². The molecular weight excluding hydrogens is 342 g/mol. The van der Waals surface area contributed by atoms with Crippen molar-refractivity contribution in [2.75, 3.05) is 24.5 Å². The van der Waals surface area contributed by atoms with Crippen molar-refractivity contribution >= 4 is 23.4 Å². The first-order chi connectivity index (χ1) is 13.1. The van der Waals surface area contributed by atoms with Crippen LogP contribution in [0.25, 0.3) is 0 Å². The van der Waals surface area contributed by atoms with Crippen LogP contribution in [0.1, 0.15) is 51.0 Å². The molecule has 1 aromatic carbocycles. The standard InChI is InChI=1S/C21H29N3O3/c1-2-17(21(27)22-13-7-15-23-14-6-12-19(23)25)24-18-10-4-3-8-16(18)9-5-11-20(24)26/h3-4,8,10,17H,2,5-7,9,11-15H2,1H3,(H,22,27). The highest BCUT2D eigenvalue weighted by Crippen LogP contribution is 2.29. The van der Waals surface area contributed by atoms with Crippen molar-refractivity contribution < 1.29 is 14.4 Å². The second kappa shape index (κ2) is 9.02. The Balaban J connectivity index is 1.62. The summed E-state index contributed by atoms with van der Waals surface area (Å²) < 4.78 is 0. The number of fused-ring (bicyclic) bond motifs is 1. The van der Waals surface area contributed by atoms with E-state index < -0.39 is 6.04 Å². The lowest BCUT2D eigenvalue weighted by molar-refractivity contribution is -0.127. The Morgan fingerprint density at radius 3 is 2.63 bits per heavy atom. The Morgan fingerprint density at radius 1 is 1.11 bits per heavy atom. The molecule has 146 valence electrons. The number of carbonyl (C=O) groups is 3. The molecule has 1 N–H and O–H groups in total. The maximum atomic E-state index is 12.8. The van der Waals surface area contributed by atoms with Crippen molar-refractivity contribution in [3.8, 4) is 0 Å². The number of nitrogens with one attached hydrogen (secondary N) is 1. The number of carbonyl (C=O) groups excluding carboxylic acids is 3. The number of hydrogen-bond acceptors (Lipinski definition) is 3. The van der Waals surface area contributed by atoms with Gasteiger partial charge >= 0.3 is 0 Å². The Morgan fingerprint density at radius 2 is 1.89 bits per heavy atom. The monoisotopic (exact) mass is 371 g/mol. The molecule has 0 bridgehead atoms. The van der Waals surface area contributed by atoms with Crippen LogP contribution >= 0.6 is 0 Å². The maximum absolute atomic E-state index is 12.8. The summed E-state index contributed by atoms with van der Waals surface area (Å²) in [4.78, 5) is 40.7. The van der Waals surface area contributed by atoms with E-state index in [1.807, 2.05) is 36.1 Å². The van der Waals surface area contributed by atoms with Gasteiger partial charge in [0, 0.05) is 38.2 Å². The lowest BCUT2D eigenvalue weighted by Gasteiger charge is -2.30. The van der Waals surface area contributed by atoms with E-state index in [4.69, 9.17) is 0 Å². The third-order valence-corrected chi connectivity index (χ3v) is 5.43. The van der Waals surface area contributed by atoms with E-state index in [2.05, 4.69) is 5.32 Å². The van der Waals surface area contributed by atoms with Gasteiger partial charge in [0.05, 0.1) is 0 Å². The van der Waals surface area contributed by atoms with Crippen LogP contribution in [0, 0.1) is 0 Å². The van der Waals surface area contributed by atoms with Gasteiger partial charge in [-0.1, -0.05) is 25.1 Å². The molecule has 0 aliphatic carbocycles. The number of nitrogens with zero attached hydrogens (tertiary/aromatic N) is 2. The SMILES string of the molecule is CCC(C(=O)NCCCN1CCCC1=O)N1C(=O)CCCc2ccccc21. The van der Waals surface area contributed by atoms with Gasteiger partial charge in [-0.05, 0) is 43.7 Å². The Kier molecular flexibility index (Phi) is 6.48. The summed E-state index contributed by atoms with van der Waals surface area (Å²) >= 11 is 0. The van der Waals surface area contributed by atoms with Gasteiger partial charge in [-0.3, -0.25) is 19.3 Å². The third-order valence-electron chi connectivity index (χ3n) is 5.43. The molecule has 27 heavy (non-hydrogen) atoms. The first-order valence-corrected chi connectivity index (χ1v) is 10.1. The van der Waals surface area contributed by atoms with Crippen LogP contribution in [0.3, 0.4) is 0 Å².